The number of methoxy groups -OCH3 is 2. The Balaban J connectivity index is 1.43. The Hall–Kier alpha value is -3.40. The number of carbonyl (C=O) groups excluding carboxylic acids is 2. The fraction of sp³-hybridized carbons (Fsp3) is 0.412. The van der Waals surface area contributed by atoms with Crippen LogP contribution in [0.5, 0.6) is 0 Å². The van der Waals surface area contributed by atoms with Gasteiger partial charge in [-0.15, -0.1) is 0 Å². The van der Waals surface area contributed by atoms with Gasteiger partial charge in [0.1, 0.15) is 0 Å². The maximum Gasteiger partial charge on any atom is 0.313 e. The first-order chi connectivity index (χ1) is 18.5. The van der Waals surface area contributed by atoms with Crippen LogP contribution < -0.4 is 0 Å². The number of benzene rings is 2. The van der Waals surface area contributed by atoms with Crippen LogP contribution >= 0.6 is 0 Å². The molecular formula is C34H32O4. The highest BCUT2D eigenvalue weighted by Gasteiger charge is 2.98. The van der Waals surface area contributed by atoms with E-state index in [0.717, 1.165) is 0 Å². The maximum atomic E-state index is 14.0. The van der Waals surface area contributed by atoms with E-state index in [9.17, 15) is 9.59 Å². The summed E-state index contributed by atoms with van der Waals surface area (Å²) in [4.78, 5) is 28.1. The van der Waals surface area contributed by atoms with Crippen LogP contribution in [0.2, 0.25) is 0 Å². The van der Waals surface area contributed by atoms with Gasteiger partial charge in [0.25, 0.3) is 0 Å². The van der Waals surface area contributed by atoms with Crippen molar-refractivity contribution in [2.45, 2.75) is 13.8 Å². The summed E-state index contributed by atoms with van der Waals surface area (Å²) >= 11 is 0. The summed E-state index contributed by atoms with van der Waals surface area (Å²) in [6.45, 7) is 4.57. The molecule has 0 aliphatic heterocycles. The third kappa shape index (κ3) is 2.03. The fourth-order valence-corrected chi connectivity index (χ4v) is 11.4. The largest absolute Gasteiger partial charge is 0.469 e. The van der Waals surface area contributed by atoms with E-state index < -0.39 is 10.8 Å². The summed E-state index contributed by atoms with van der Waals surface area (Å²) in [7, 11) is 2.98. The third-order valence-electron chi connectivity index (χ3n) is 11.8. The molecule has 0 heterocycles. The number of fused-ring (bicyclic) bond motifs is 1. The maximum absolute atomic E-state index is 14.0. The van der Waals surface area contributed by atoms with Gasteiger partial charge in [0.2, 0.25) is 0 Å². The van der Waals surface area contributed by atoms with E-state index in [1.807, 2.05) is 0 Å². The standard InChI is InChI=1S/C34H32O4/c1-17-23(19-11-7-5-8-12-19)24(20-13-9-6-10-14-20)18(2)26-25(17)29-28-27-21-15-16-22(27)34(30(26)28,32(36)38-4)33(21,29)31(35)37-3/h5-16,21-22,25-30H,1-4H3. The molecular weight excluding hydrogens is 472 g/mol. The van der Waals surface area contributed by atoms with Crippen molar-refractivity contribution in [2.24, 2.45) is 58.2 Å². The number of hydrogen-bond donors (Lipinski definition) is 0. The number of allylic oxidation sites excluding steroid dienone is 6. The van der Waals surface area contributed by atoms with Gasteiger partial charge in [-0.05, 0) is 83.5 Å². The van der Waals surface area contributed by atoms with Crippen LogP contribution in [0.25, 0.3) is 11.1 Å². The van der Waals surface area contributed by atoms with Crippen LogP contribution in [-0.2, 0) is 19.1 Å². The predicted octanol–water partition coefficient (Wildman–Crippen LogP) is 5.82. The summed E-state index contributed by atoms with van der Waals surface area (Å²) in [6, 6.07) is 21.3. The second kappa shape index (κ2) is 7.16. The van der Waals surface area contributed by atoms with Gasteiger partial charge in [-0.1, -0.05) is 84.0 Å². The summed E-state index contributed by atoms with van der Waals surface area (Å²) in [5, 5.41) is 0. The highest BCUT2D eigenvalue weighted by Crippen LogP contribution is 2.94. The van der Waals surface area contributed by atoms with Gasteiger partial charge in [-0.3, -0.25) is 9.59 Å². The average Bonchev–Trinajstić information content (AvgIpc) is 3.76. The summed E-state index contributed by atoms with van der Waals surface area (Å²) in [5.41, 5.74) is 5.98. The zero-order chi connectivity index (χ0) is 26.1. The Morgan fingerprint density at radius 2 is 1.03 bits per heavy atom. The van der Waals surface area contributed by atoms with Crippen molar-refractivity contribution >= 4 is 23.1 Å². The fourth-order valence-electron chi connectivity index (χ4n) is 11.4. The van der Waals surface area contributed by atoms with E-state index in [1.165, 1.54) is 47.6 Å². The number of esters is 2. The lowest BCUT2D eigenvalue weighted by molar-refractivity contribution is -0.192. The first-order valence-corrected chi connectivity index (χ1v) is 13.9. The van der Waals surface area contributed by atoms with Crippen molar-refractivity contribution in [2.75, 3.05) is 14.2 Å². The van der Waals surface area contributed by atoms with E-state index in [-0.39, 0.29) is 47.4 Å². The van der Waals surface area contributed by atoms with Gasteiger partial charge in [-0.2, -0.15) is 0 Å². The van der Waals surface area contributed by atoms with E-state index in [0.29, 0.717) is 11.8 Å². The lowest BCUT2D eigenvalue weighted by atomic mass is 9.45. The lowest BCUT2D eigenvalue weighted by Gasteiger charge is -2.56. The normalized spacial score (nSPS) is 42.3. The minimum atomic E-state index is -0.844. The number of hydrogen-bond acceptors (Lipinski definition) is 4. The van der Waals surface area contributed by atoms with Gasteiger partial charge in [0, 0.05) is 0 Å². The molecule has 192 valence electrons. The molecule has 0 N–H and O–H groups in total. The van der Waals surface area contributed by atoms with Crippen LogP contribution in [0.4, 0.5) is 0 Å². The van der Waals surface area contributed by atoms with Crippen molar-refractivity contribution in [3.05, 3.63) is 95.1 Å². The highest BCUT2D eigenvalue weighted by atomic mass is 16.5. The van der Waals surface area contributed by atoms with Crippen LogP contribution in [0.3, 0.4) is 0 Å². The predicted molar refractivity (Wildman–Crippen MR) is 144 cm³/mol. The second-order valence-electron chi connectivity index (χ2n) is 12.3. The van der Waals surface area contributed by atoms with Gasteiger partial charge >= 0.3 is 11.9 Å². The molecule has 7 aliphatic rings. The molecule has 5 fully saturated rings. The van der Waals surface area contributed by atoms with Crippen LogP contribution in [0, 0.1) is 58.2 Å². The lowest BCUT2D eigenvalue weighted by Crippen LogP contribution is -2.63. The average molecular weight is 505 g/mol. The molecule has 0 radical (unpaired) electrons. The van der Waals surface area contributed by atoms with Gasteiger partial charge < -0.3 is 9.47 Å². The second-order valence-corrected chi connectivity index (χ2v) is 12.3. The summed E-state index contributed by atoms with van der Waals surface area (Å²) in [5.74, 6) is 0.870. The molecule has 9 rings (SSSR count). The molecule has 8 atom stereocenters. The van der Waals surface area contributed by atoms with Crippen LogP contribution in [0.15, 0.2) is 84.0 Å². The van der Waals surface area contributed by atoms with E-state index in [1.54, 1.807) is 0 Å². The molecule has 0 aromatic heterocycles. The Labute approximate surface area is 223 Å². The Morgan fingerprint density at radius 1 is 0.632 bits per heavy atom. The van der Waals surface area contributed by atoms with Crippen LogP contribution in [-0.4, -0.2) is 26.2 Å². The molecule has 7 aliphatic carbocycles. The van der Waals surface area contributed by atoms with E-state index in [2.05, 4.69) is 86.7 Å². The molecule has 0 spiro atoms. The zero-order valence-electron chi connectivity index (χ0n) is 22.2. The smallest absolute Gasteiger partial charge is 0.313 e. The van der Waals surface area contributed by atoms with Crippen molar-refractivity contribution in [1.29, 1.82) is 0 Å². The number of ether oxygens (including phenoxy) is 2. The number of rotatable bonds is 4. The molecule has 2 aromatic rings. The third-order valence-corrected chi connectivity index (χ3v) is 11.8. The van der Waals surface area contributed by atoms with E-state index in [4.69, 9.17) is 9.47 Å². The number of carbonyl (C=O) groups is 2. The molecule has 4 heteroatoms. The van der Waals surface area contributed by atoms with Crippen LogP contribution in [0.1, 0.15) is 25.0 Å². The Kier molecular flexibility index (Phi) is 4.26. The first-order valence-electron chi connectivity index (χ1n) is 13.9. The minimum absolute atomic E-state index is 0.0547. The van der Waals surface area contributed by atoms with Gasteiger partial charge in [0.05, 0.1) is 25.0 Å². The van der Waals surface area contributed by atoms with E-state index >= 15 is 0 Å². The van der Waals surface area contributed by atoms with Crippen molar-refractivity contribution in [3.63, 3.8) is 0 Å². The quantitative estimate of drug-likeness (QED) is 0.389. The van der Waals surface area contributed by atoms with Gasteiger partial charge in [0.15, 0.2) is 0 Å². The highest BCUT2D eigenvalue weighted by molar-refractivity contribution is 6.09. The molecule has 5 saturated carbocycles. The molecule has 2 aromatic carbocycles. The molecule has 8 unspecified atom stereocenters. The molecule has 4 nitrogen and oxygen atoms in total. The minimum Gasteiger partial charge on any atom is -0.469 e. The topological polar surface area (TPSA) is 52.6 Å². The van der Waals surface area contributed by atoms with Gasteiger partial charge in [-0.25, -0.2) is 0 Å². The van der Waals surface area contributed by atoms with Crippen molar-refractivity contribution < 1.29 is 19.1 Å². The van der Waals surface area contributed by atoms with Crippen molar-refractivity contribution in [3.8, 4) is 0 Å². The molecule has 0 saturated heterocycles. The molecule has 38 heavy (non-hydrogen) atoms. The first kappa shape index (κ1) is 22.6. The molecule has 8 bridgehead atoms. The Morgan fingerprint density at radius 3 is 1.39 bits per heavy atom. The Bertz CT molecular complexity index is 1390. The molecule has 0 amide bonds. The SMILES string of the molecule is COC(=O)C12C3C=CC4C3C3C1C1C(C)=C(c5ccccc5)C(c5ccccc5)=C(C)C1C3C42C(=O)OC. The monoisotopic (exact) mass is 504 g/mol. The van der Waals surface area contributed by atoms with Crippen molar-refractivity contribution in [1.82, 2.24) is 0 Å². The zero-order valence-corrected chi connectivity index (χ0v) is 22.2. The summed E-state index contributed by atoms with van der Waals surface area (Å²) < 4.78 is 11.2. The summed E-state index contributed by atoms with van der Waals surface area (Å²) in [6.07, 6.45) is 4.46.